The first-order valence-corrected chi connectivity index (χ1v) is 6.23. The number of methoxy groups -OCH3 is 1. The van der Waals surface area contributed by atoms with E-state index >= 15 is 0 Å². The van der Waals surface area contributed by atoms with Crippen LogP contribution in [0.4, 0.5) is 4.79 Å². The summed E-state index contributed by atoms with van der Waals surface area (Å²) in [6.45, 7) is 5.39. The van der Waals surface area contributed by atoms with Crippen LogP contribution in [-0.4, -0.2) is 36.6 Å². The van der Waals surface area contributed by atoms with Crippen molar-refractivity contribution in [2.75, 3.05) is 12.9 Å². The largest absolute Gasteiger partial charge is 0.465 e. The maximum atomic E-state index is 11.5. The summed E-state index contributed by atoms with van der Waals surface area (Å²) in [6.07, 6.45) is 1.20. The summed E-state index contributed by atoms with van der Waals surface area (Å²) in [7, 11) is 1.33. The molecule has 0 aromatic carbocycles. The minimum absolute atomic E-state index is 0.191. The summed E-state index contributed by atoms with van der Waals surface area (Å²) >= 11 is 1.36. The Morgan fingerprint density at radius 3 is 2.65 bits per heavy atom. The summed E-state index contributed by atoms with van der Waals surface area (Å²) in [5.74, 6) is 0.243. The summed E-state index contributed by atoms with van der Waals surface area (Å²) in [4.78, 5) is 23.2. The molecular weight excluding hydrogens is 242 g/mol. The van der Waals surface area contributed by atoms with Gasteiger partial charge in [-0.1, -0.05) is 0 Å². The van der Waals surface area contributed by atoms with Crippen LogP contribution in [0.15, 0.2) is 11.0 Å². The molecule has 96 valence electrons. The number of esters is 1. The maximum Gasteiger partial charge on any atom is 0.408 e. The van der Waals surface area contributed by atoms with Gasteiger partial charge in [0.1, 0.15) is 5.60 Å². The number of hydrogen-bond donors (Lipinski definition) is 1. The monoisotopic (exact) mass is 259 g/mol. The number of rotatable bonds is 2. The van der Waals surface area contributed by atoms with Crippen molar-refractivity contribution in [1.29, 1.82) is 0 Å². The van der Waals surface area contributed by atoms with E-state index in [0.29, 0.717) is 10.7 Å². The van der Waals surface area contributed by atoms with E-state index in [-0.39, 0.29) is 12.0 Å². The quantitative estimate of drug-likeness (QED) is 0.764. The van der Waals surface area contributed by atoms with E-state index < -0.39 is 11.7 Å². The van der Waals surface area contributed by atoms with Crippen molar-refractivity contribution in [3.8, 4) is 0 Å². The number of nitrogens with one attached hydrogen (secondary N) is 1. The highest BCUT2D eigenvalue weighted by Crippen LogP contribution is 2.26. The normalized spacial score (nSPS) is 19.5. The van der Waals surface area contributed by atoms with Crippen molar-refractivity contribution >= 4 is 23.8 Å². The van der Waals surface area contributed by atoms with Gasteiger partial charge in [0.25, 0.3) is 0 Å². The Balaban J connectivity index is 2.47. The van der Waals surface area contributed by atoms with Gasteiger partial charge < -0.3 is 14.8 Å². The molecule has 1 aliphatic rings. The molecule has 1 aliphatic heterocycles. The van der Waals surface area contributed by atoms with Crippen molar-refractivity contribution in [2.45, 2.75) is 32.4 Å². The second-order valence-electron chi connectivity index (χ2n) is 4.59. The van der Waals surface area contributed by atoms with E-state index in [1.54, 1.807) is 26.8 Å². The van der Waals surface area contributed by atoms with Crippen molar-refractivity contribution < 1.29 is 19.1 Å². The number of hydrogen-bond acceptors (Lipinski definition) is 5. The van der Waals surface area contributed by atoms with Crippen LogP contribution in [0.2, 0.25) is 0 Å². The third-order valence-corrected chi connectivity index (χ3v) is 3.00. The Kier molecular flexibility index (Phi) is 4.45. The van der Waals surface area contributed by atoms with Gasteiger partial charge in [0.05, 0.1) is 18.1 Å². The topological polar surface area (TPSA) is 64.6 Å². The van der Waals surface area contributed by atoms with Crippen LogP contribution >= 0.6 is 11.8 Å². The molecule has 0 unspecified atom stereocenters. The van der Waals surface area contributed by atoms with Crippen LogP contribution in [0.5, 0.6) is 0 Å². The van der Waals surface area contributed by atoms with Crippen LogP contribution in [-0.2, 0) is 14.3 Å². The molecule has 6 heteroatoms. The lowest BCUT2D eigenvalue weighted by atomic mass is 10.2. The van der Waals surface area contributed by atoms with Crippen LogP contribution in [0.3, 0.4) is 0 Å². The van der Waals surface area contributed by atoms with E-state index in [1.165, 1.54) is 18.9 Å². The van der Waals surface area contributed by atoms with Gasteiger partial charge in [-0.2, -0.15) is 0 Å². The lowest BCUT2D eigenvalue weighted by Crippen LogP contribution is -2.38. The first kappa shape index (κ1) is 13.9. The second-order valence-corrected chi connectivity index (χ2v) is 5.65. The Morgan fingerprint density at radius 1 is 1.47 bits per heavy atom. The smallest absolute Gasteiger partial charge is 0.408 e. The van der Waals surface area contributed by atoms with Crippen LogP contribution in [0, 0.1) is 0 Å². The fraction of sp³-hybridized carbons (Fsp3) is 0.636. The van der Waals surface area contributed by atoms with Crippen molar-refractivity contribution in [3.05, 3.63) is 11.0 Å². The molecule has 0 saturated carbocycles. The standard InChI is InChI=1S/C11H17NO4S/c1-11(2,3)16-10(14)12-7-5-8(17-6-7)9(13)15-4/h5,7H,6H2,1-4H3,(H,12,14)/t7-/m0/s1. The highest BCUT2D eigenvalue weighted by Gasteiger charge is 2.25. The maximum absolute atomic E-state index is 11.5. The summed E-state index contributed by atoms with van der Waals surface area (Å²) in [5, 5.41) is 2.68. The van der Waals surface area contributed by atoms with E-state index in [1.807, 2.05) is 0 Å². The fourth-order valence-corrected chi connectivity index (χ4v) is 2.23. The molecule has 0 radical (unpaired) electrons. The number of amides is 1. The first-order chi connectivity index (χ1) is 7.81. The molecule has 0 aromatic heterocycles. The zero-order chi connectivity index (χ0) is 13.1. The molecule has 0 aromatic rings. The minimum atomic E-state index is -0.523. The Morgan fingerprint density at radius 2 is 2.12 bits per heavy atom. The molecule has 17 heavy (non-hydrogen) atoms. The van der Waals surface area contributed by atoms with Gasteiger partial charge in [-0.25, -0.2) is 9.59 Å². The molecule has 0 fully saturated rings. The highest BCUT2D eigenvalue weighted by molar-refractivity contribution is 8.04. The van der Waals surface area contributed by atoms with Crippen LogP contribution < -0.4 is 5.32 Å². The average Bonchev–Trinajstić information content (AvgIpc) is 2.62. The van der Waals surface area contributed by atoms with Crippen molar-refractivity contribution in [3.63, 3.8) is 0 Å². The SMILES string of the molecule is COC(=O)C1=C[C@H](NC(=O)OC(C)(C)C)CS1. The van der Waals surface area contributed by atoms with Gasteiger partial charge in [0.15, 0.2) is 0 Å². The van der Waals surface area contributed by atoms with Crippen LogP contribution in [0.25, 0.3) is 0 Å². The summed E-state index contributed by atoms with van der Waals surface area (Å²) < 4.78 is 9.71. The average molecular weight is 259 g/mol. The van der Waals surface area contributed by atoms with Gasteiger partial charge >= 0.3 is 12.1 Å². The first-order valence-electron chi connectivity index (χ1n) is 5.24. The van der Waals surface area contributed by atoms with E-state index in [0.717, 1.165) is 0 Å². The van der Waals surface area contributed by atoms with E-state index in [9.17, 15) is 9.59 Å². The Bertz CT molecular complexity index is 346. The number of carbonyl (C=O) groups is 2. The van der Waals surface area contributed by atoms with Gasteiger partial charge in [-0.15, -0.1) is 11.8 Å². The third kappa shape index (κ3) is 4.68. The molecule has 1 heterocycles. The molecule has 0 bridgehead atoms. The number of carbonyl (C=O) groups excluding carboxylic acids is 2. The summed E-state index contributed by atoms with van der Waals surface area (Å²) in [5.41, 5.74) is -0.523. The molecular formula is C11H17NO4S. The Hall–Kier alpha value is -1.17. The third-order valence-electron chi connectivity index (χ3n) is 1.86. The lowest BCUT2D eigenvalue weighted by molar-refractivity contribution is -0.135. The van der Waals surface area contributed by atoms with E-state index in [2.05, 4.69) is 10.1 Å². The fourth-order valence-electron chi connectivity index (χ4n) is 1.23. The molecule has 1 rings (SSSR count). The van der Waals surface area contributed by atoms with Gasteiger partial charge in [0, 0.05) is 5.75 Å². The number of thioether (sulfide) groups is 1. The number of ether oxygens (including phenoxy) is 2. The van der Waals surface area contributed by atoms with Gasteiger partial charge in [-0.05, 0) is 26.8 Å². The zero-order valence-corrected chi connectivity index (χ0v) is 11.2. The zero-order valence-electron chi connectivity index (χ0n) is 10.4. The molecule has 1 N–H and O–H groups in total. The molecule has 0 saturated heterocycles. The predicted molar refractivity (Wildman–Crippen MR) is 65.7 cm³/mol. The Labute approximate surface area is 105 Å². The van der Waals surface area contributed by atoms with Crippen LogP contribution in [0.1, 0.15) is 20.8 Å². The van der Waals surface area contributed by atoms with Gasteiger partial charge in [0.2, 0.25) is 0 Å². The molecule has 5 nitrogen and oxygen atoms in total. The van der Waals surface area contributed by atoms with E-state index in [4.69, 9.17) is 4.74 Å². The van der Waals surface area contributed by atoms with Gasteiger partial charge in [-0.3, -0.25) is 0 Å². The molecule has 1 amide bonds. The van der Waals surface area contributed by atoms with Crippen molar-refractivity contribution in [1.82, 2.24) is 5.32 Å². The number of alkyl carbamates (subject to hydrolysis) is 1. The summed E-state index contributed by atoms with van der Waals surface area (Å²) in [6, 6.07) is -0.191. The molecule has 0 aliphatic carbocycles. The lowest BCUT2D eigenvalue weighted by Gasteiger charge is -2.21. The second kappa shape index (κ2) is 5.44. The predicted octanol–water partition coefficient (Wildman–Crippen LogP) is 1.68. The molecule has 1 atom stereocenters. The minimum Gasteiger partial charge on any atom is -0.465 e. The highest BCUT2D eigenvalue weighted by atomic mass is 32.2. The molecule has 0 spiro atoms. The van der Waals surface area contributed by atoms with Crippen molar-refractivity contribution in [2.24, 2.45) is 0 Å².